The summed E-state index contributed by atoms with van der Waals surface area (Å²) in [6.45, 7) is 3.88. The van der Waals surface area contributed by atoms with Gasteiger partial charge in [0, 0.05) is 11.3 Å². The molecule has 148 valence electrons. The van der Waals surface area contributed by atoms with E-state index in [9.17, 15) is 13.2 Å². The van der Waals surface area contributed by atoms with Crippen LogP contribution in [-0.2, 0) is 10.0 Å². The number of aryl methyl sites for hydroxylation is 2. The quantitative estimate of drug-likeness (QED) is 0.480. The lowest BCUT2D eigenvalue weighted by atomic mass is 10.2. The van der Waals surface area contributed by atoms with Crippen LogP contribution in [0.2, 0.25) is 0 Å². The first-order valence-electron chi connectivity index (χ1n) is 8.93. The lowest BCUT2D eigenvalue weighted by Gasteiger charge is -2.09. The standard InChI is InChI=1S/C22H21N3O3S/c1-16-3-7-18(8-4-16)15-23-24-22(26)19-9-11-20(12-10-19)25-29(27,28)21-13-5-17(2)6-14-21/h3-15,25H,1-2H3,(H,24,26)/b23-15-. The summed E-state index contributed by atoms with van der Waals surface area (Å²) >= 11 is 0. The molecule has 0 heterocycles. The van der Waals surface area contributed by atoms with Crippen LogP contribution in [0.5, 0.6) is 0 Å². The molecule has 0 saturated carbocycles. The summed E-state index contributed by atoms with van der Waals surface area (Å²) in [5, 5.41) is 3.94. The van der Waals surface area contributed by atoms with Crippen molar-refractivity contribution in [2.75, 3.05) is 4.72 Å². The normalized spacial score (nSPS) is 11.4. The van der Waals surface area contributed by atoms with E-state index < -0.39 is 10.0 Å². The van der Waals surface area contributed by atoms with Gasteiger partial charge in [-0.15, -0.1) is 0 Å². The van der Waals surface area contributed by atoms with E-state index in [1.807, 2.05) is 38.1 Å². The highest BCUT2D eigenvalue weighted by atomic mass is 32.2. The average molecular weight is 407 g/mol. The van der Waals surface area contributed by atoms with Crippen LogP contribution in [0.3, 0.4) is 0 Å². The molecule has 6 nitrogen and oxygen atoms in total. The van der Waals surface area contributed by atoms with Gasteiger partial charge in [-0.3, -0.25) is 9.52 Å². The number of amides is 1. The van der Waals surface area contributed by atoms with E-state index in [4.69, 9.17) is 0 Å². The molecule has 0 saturated heterocycles. The fourth-order valence-electron chi connectivity index (χ4n) is 2.50. The van der Waals surface area contributed by atoms with Crippen molar-refractivity contribution in [3.05, 3.63) is 95.1 Å². The maximum atomic E-state index is 12.4. The van der Waals surface area contributed by atoms with Gasteiger partial charge in [0.05, 0.1) is 11.1 Å². The van der Waals surface area contributed by atoms with Gasteiger partial charge in [-0.1, -0.05) is 47.5 Å². The van der Waals surface area contributed by atoms with Gasteiger partial charge < -0.3 is 0 Å². The minimum atomic E-state index is -3.69. The van der Waals surface area contributed by atoms with Crippen molar-refractivity contribution < 1.29 is 13.2 Å². The Labute approximate surface area is 170 Å². The first-order chi connectivity index (χ1) is 13.8. The number of anilines is 1. The summed E-state index contributed by atoms with van der Waals surface area (Å²) < 4.78 is 27.3. The third kappa shape index (κ3) is 5.52. The summed E-state index contributed by atoms with van der Waals surface area (Å²) in [4.78, 5) is 12.4. The molecule has 7 heteroatoms. The molecule has 0 bridgehead atoms. The monoisotopic (exact) mass is 407 g/mol. The zero-order chi connectivity index (χ0) is 20.9. The fraction of sp³-hybridized carbons (Fsp3) is 0.0909. The summed E-state index contributed by atoms with van der Waals surface area (Å²) in [6.07, 6.45) is 1.56. The number of carbonyl (C=O) groups is 1. The zero-order valence-corrected chi connectivity index (χ0v) is 16.9. The molecular formula is C22H21N3O3S. The Morgan fingerprint density at radius 3 is 1.97 bits per heavy atom. The van der Waals surface area contributed by atoms with Crippen molar-refractivity contribution in [1.82, 2.24) is 5.43 Å². The van der Waals surface area contributed by atoms with Gasteiger partial charge in [0.15, 0.2) is 0 Å². The van der Waals surface area contributed by atoms with Gasteiger partial charge in [-0.2, -0.15) is 5.10 Å². The first kappa shape index (κ1) is 20.3. The minimum Gasteiger partial charge on any atom is -0.280 e. The van der Waals surface area contributed by atoms with Gasteiger partial charge in [0.25, 0.3) is 15.9 Å². The fourth-order valence-corrected chi connectivity index (χ4v) is 3.56. The second-order valence-electron chi connectivity index (χ2n) is 6.61. The van der Waals surface area contributed by atoms with Gasteiger partial charge in [0.1, 0.15) is 0 Å². The van der Waals surface area contributed by atoms with Gasteiger partial charge in [-0.05, 0) is 55.8 Å². The Hall–Kier alpha value is -3.45. The van der Waals surface area contributed by atoms with Crippen LogP contribution >= 0.6 is 0 Å². The van der Waals surface area contributed by atoms with Crippen LogP contribution < -0.4 is 10.1 Å². The van der Waals surface area contributed by atoms with Crippen molar-refractivity contribution >= 4 is 27.8 Å². The third-order valence-corrected chi connectivity index (χ3v) is 5.58. The largest absolute Gasteiger partial charge is 0.280 e. The number of rotatable bonds is 6. The van der Waals surface area contributed by atoms with E-state index >= 15 is 0 Å². The topological polar surface area (TPSA) is 87.6 Å². The molecule has 0 aliphatic carbocycles. The van der Waals surface area contributed by atoms with Crippen molar-refractivity contribution in [1.29, 1.82) is 0 Å². The van der Waals surface area contributed by atoms with Crippen LogP contribution in [0, 0.1) is 13.8 Å². The summed E-state index contributed by atoms with van der Waals surface area (Å²) in [5.41, 5.74) is 6.17. The van der Waals surface area contributed by atoms with Crippen LogP contribution in [-0.4, -0.2) is 20.5 Å². The van der Waals surface area contributed by atoms with E-state index in [-0.39, 0.29) is 10.8 Å². The Kier molecular flexibility index (Phi) is 6.09. The molecule has 0 radical (unpaired) electrons. The number of benzene rings is 3. The minimum absolute atomic E-state index is 0.176. The number of nitrogens with zero attached hydrogens (tertiary/aromatic N) is 1. The number of hydrogen-bond acceptors (Lipinski definition) is 4. The number of carbonyl (C=O) groups excluding carboxylic acids is 1. The highest BCUT2D eigenvalue weighted by Crippen LogP contribution is 2.17. The van der Waals surface area contributed by atoms with E-state index in [1.165, 1.54) is 24.3 Å². The van der Waals surface area contributed by atoms with Gasteiger partial charge in [-0.25, -0.2) is 13.8 Å². The molecule has 0 unspecified atom stereocenters. The zero-order valence-electron chi connectivity index (χ0n) is 16.1. The van der Waals surface area contributed by atoms with Crippen molar-refractivity contribution in [2.24, 2.45) is 5.10 Å². The van der Waals surface area contributed by atoms with Crippen molar-refractivity contribution in [3.8, 4) is 0 Å². The Bertz CT molecular complexity index is 1120. The van der Waals surface area contributed by atoms with E-state index in [1.54, 1.807) is 30.5 Å². The van der Waals surface area contributed by atoms with E-state index in [2.05, 4.69) is 15.2 Å². The highest BCUT2D eigenvalue weighted by molar-refractivity contribution is 7.92. The second kappa shape index (κ2) is 8.70. The number of sulfonamides is 1. The third-order valence-electron chi connectivity index (χ3n) is 4.19. The number of nitrogens with one attached hydrogen (secondary N) is 2. The molecule has 1 amide bonds. The Morgan fingerprint density at radius 2 is 1.38 bits per heavy atom. The van der Waals surface area contributed by atoms with Crippen LogP contribution in [0.4, 0.5) is 5.69 Å². The van der Waals surface area contributed by atoms with Crippen LogP contribution in [0.15, 0.2) is 82.8 Å². The summed E-state index contributed by atoms with van der Waals surface area (Å²) in [5.74, 6) is -0.388. The SMILES string of the molecule is Cc1ccc(/C=N\NC(=O)c2ccc(NS(=O)(=O)c3ccc(C)cc3)cc2)cc1. The van der Waals surface area contributed by atoms with E-state index in [0.29, 0.717) is 11.3 Å². The molecule has 3 aromatic carbocycles. The number of hydrogen-bond donors (Lipinski definition) is 2. The van der Waals surface area contributed by atoms with E-state index in [0.717, 1.165) is 16.7 Å². The van der Waals surface area contributed by atoms with Crippen molar-refractivity contribution in [3.63, 3.8) is 0 Å². The smallest absolute Gasteiger partial charge is 0.271 e. The molecule has 3 aromatic rings. The molecule has 0 spiro atoms. The van der Waals surface area contributed by atoms with Crippen LogP contribution in [0.1, 0.15) is 27.0 Å². The lowest BCUT2D eigenvalue weighted by molar-refractivity contribution is 0.0955. The maximum Gasteiger partial charge on any atom is 0.271 e. The molecule has 0 aromatic heterocycles. The predicted molar refractivity (Wildman–Crippen MR) is 115 cm³/mol. The molecule has 0 atom stereocenters. The lowest BCUT2D eigenvalue weighted by Crippen LogP contribution is -2.18. The Morgan fingerprint density at radius 1 is 0.828 bits per heavy atom. The molecule has 0 fully saturated rings. The number of hydrazone groups is 1. The molecular weight excluding hydrogens is 386 g/mol. The second-order valence-corrected chi connectivity index (χ2v) is 8.29. The average Bonchev–Trinajstić information content (AvgIpc) is 2.70. The molecule has 0 aliphatic rings. The van der Waals surface area contributed by atoms with Gasteiger partial charge >= 0.3 is 0 Å². The highest BCUT2D eigenvalue weighted by Gasteiger charge is 2.14. The molecule has 29 heavy (non-hydrogen) atoms. The summed E-state index contributed by atoms with van der Waals surface area (Å²) in [6, 6.07) is 20.4. The predicted octanol–water partition coefficient (Wildman–Crippen LogP) is 3.87. The maximum absolute atomic E-state index is 12.4. The van der Waals surface area contributed by atoms with Crippen LogP contribution in [0.25, 0.3) is 0 Å². The Balaban J connectivity index is 1.62. The molecule has 3 rings (SSSR count). The first-order valence-corrected chi connectivity index (χ1v) is 10.4. The van der Waals surface area contributed by atoms with Gasteiger partial charge in [0.2, 0.25) is 0 Å². The molecule has 2 N–H and O–H groups in total. The summed E-state index contributed by atoms with van der Waals surface area (Å²) in [7, 11) is -3.69. The van der Waals surface area contributed by atoms with Crippen molar-refractivity contribution in [2.45, 2.75) is 18.7 Å². The molecule has 0 aliphatic heterocycles.